The van der Waals surface area contributed by atoms with Crippen molar-refractivity contribution in [1.29, 1.82) is 0 Å². The van der Waals surface area contributed by atoms with E-state index in [1.165, 1.54) is 77.4 Å². The van der Waals surface area contributed by atoms with Gasteiger partial charge >= 0.3 is 0 Å². The first-order valence-electron chi connectivity index (χ1n) is 9.75. The zero-order chi connectivity index (χ0) is 15.1. The monoisotopic (exact) mass is 294 g/mol. The maximum Gasteiger partial charge on any atom is 0.0252 e. The maximum atomic E-state index is 3.87. The average molecular weight is 295 g/mol. The topological polar surface area (TPSA) is 15.3 Å². The van der Waals surface area contributed by atoms with Crippen LogP contribution in [0.15, 0.2) is 0 Å². The second-order valence-corrected chi connectivity index (χ2v) is 7.51. The highest BCUT2D eigenvalue weighted by molar-refractivity contribution is 4.93. The van der Waals surface area contributed by atoms with Gasteiger partial charge in [-0.3, -0.25) is 4.90 Å². The summed E-state index contributed by atoms with van der Waals surface area (Å²) in [6.45, 7) is 10.9. The smallest absolute Gasteiger partial charge is 0.0252 e. The molecule has 2 aliphatic rings. The summed E-state index contributed by atoms with van der Waals surface area (Å²) in [6.07, 6.45) is 12.6. The average Bonchev–Trinajstić information content (AvgIpc) is 2.54. The summed E-state index contributed by atoms with van der Waals surface area (Å²) in [7, 11) is 0. The zero-order valence-electron chi connectivity index (χ0n) is 14.7. The first-order valence-corrected chi connectivity index (χ1v) is 9.75. The quantitative estimate of drug-likeness (QED) is 0.746. The van der Waals surface area contributed by atoms with Gasteiger partial charge in [-0.05, 0) is 63.5 Å². The van der Waals surface area contributed by atoms with E-state index in [2.05, 4.69) is 31.0 Å². The molecule has 21 heavy (non-hydrogen) atoms. The van der Waals surface area contributed by atoms with Gasteiger partial charge in [0, 0.05) is 18.6 Å². The van der Waals surface area contributed by atoms with Gasteiger partial charge < -0.3 is 5.32 Å². The summed E-state index contributed by atoms with van der Waals surface area (Å²) >= 11 is 0. The van der Waals surface area contributed by atoms with Gasteiger partial charge in [-0.2, -0.15) is 0 Å². The minimum absolute atomic E-state index is 0.758. The summed E-state index contributed by atoms with van der Waals surface area (Å²) in [5.41, 5.74) is 0. The largest absolute Gasteiger partial charge is 0.312 e. The Balaban J connectivity index is 1.97. The summed E-state index contributed by atoms with van der Waals surface area (Å²) in [6, 6.07) is 1.57. The molecule has 0 spiro atoms. The molecule has 2 fully saturated rings. The number of likely N-dealkylation sites (tertiary alicyclic amines) is 1. The highest BCUT2D eigenvalue weighted by Gasteiger charge is 2.35. The minimum atomic E-state index is 0.758. The molecule has 0 bridgehead atoms. The Morgan fingerprint density at radius 3 is 2.57 bits per heavy atom. The molecule has 0 aromatic heterocycles. The van der Waals surface area contributed by atoms with Gasteiger partial charge in [0.1, 0.15) is 0 Å². The van der Waals surface area contributed by atoms with E-state index in [9.17, 15) is 0 Å². The predicted octanol–water partition coefficient (Wildman–Crippen LogP) is 4.45. The normalized spacial score (nSPS) is 35.0. The molecule has 4 atom stereocenters. The lowest BCUT2D eigenvalue weighted by Gasteiger charge is -2.46. The van der Waals surface area contributed by atoms with E-state index in [1.807, 2.05) is 0 Å². The highest BCUT2D eigenvalue weighted by Crippen LogP contribution is 2.33. The predicted molar refractivity (Wildman–Crippen MR) is 92.7 cm³/mol. The van der Waals surface area contributed by atoms with Crippen LogP contribution in [-0.4, -0.2) is 36.6 Å². The van der Waals surface area contributed by atoms with E-state index >= 15 is 0 Å². The van der Waals surface area contributed by atoms with Gasteiger partial charge in [0.05, 0.1) is 0 Å². The molecule has 1 aliphatic heterocycles. The van der Waals surface area contributed by atoms with Crippen LogP contribution in [0.25, 0.3) is 0 Å². The molecule has 124 valence electrons. The van der Waals surface area contributed by atoms with Crippen LogP contribution in [0, 0.1) is 11.8 Å². The second kappa shape index (κ2) is 9.15. The van der Waals surface area contributed by atoms with Crippen LogP contribution in [0.4, 0.5) is 0 Å². The van der Waals surface area contributed by atoms with Crippen molar-refractivity contribution >= 4 is 0 Å². The summed E-state index contributed by atoms with van der Waals surface area (Å²) in [5.74, 6) is 1.94. The van der Waals surface area contributed by atoms with Crippen LogP contribution in [0.1, 0.15) is 78.6 Å². The molecule has 0 aromatic rings. The van der Waals surface area contributed by atoms with Gasteiger partial charge in [-0.15, -0.1) is 0 Å². The summed E-state index contributed by atoms with van der Waals surface area (Å²) < 4.78 is 0. The third-order valence-corrected chi connectivity index (χ3v) is 5.88. The fraction of sp³-hybridized carbons (Fsp3) is 1.00. The summed E-state index contributed by atoms with van der Waals surface area (Å²) in [5, 5.41) is 3.87. The Morgan fingerprint density at radius 2 is 1.86 bits per heavy atom. The van der Waals surface area contributed by atoms with Crippen molar-refractivity contribution in [2.45, 2.75) is 90.6 Å². The standard InChI is InChI=1S/C19H38N2/c1-4-8-17-10-11-18(20-12-5-2)19(14-17)21-13-7-9-16(6-3)15-21/h16-20H,4-15H2,1-3H3. The van der Waals surface area contributed by atoms with Gasteiger partial charge in [-0.1, -0.05) is 40.0 Å². The Morgan fingerprint density at radius 1 is 1.00 bits per heavy atom. The number of nitrogens with zero attached hydrogens (tertiary/aromatic N) is 1. The van der Waals surface area contributed by atoms with Crippen LogP contribution < -0.4 is 5.32 Å². The molecule has 1 heterocycles. The van der Waals surface area contributed by atoms with Crippen molar-refractivity contribution in [2.24, 2.45) is 11.8 Å². The Labute approximate surface area is 133 Å². The Hall–Kier alpha value is -0.0800. The highest BCUT2D eigenvalue weighted by atomic mass is 15.2. The number of piperidine rings is 1. The first kappa shape index (κ1) is 17.3. The molecular weight excluding hydrogens is 256 g/mol. The lowest BCUT2D eigenvalue weighted by molar-refractivity contribution is 0.0562. The molecule has 0 aromatic carbocycles. The zero-order valence-corrected chi connectivity index (χ0v) is 14.7. The van der Waals surface area contributed by atoms with E-state index in [1.54, 1.807) is 0 Å². The van der Waals surface area contributed by atoms with E-state index in [4.69, 9.17) is 0 Å². The van der Waals surface area contributed by atoms with Crippen molar-refractivity contribution in [2.75, 3.05) is 19.6 Å². The van der Waals surface area contributed by atoms with Crippen molar-refractivity contribution in [3.8, 4) is 0 Å². The van der Waals surface area contributed by atoms with E-state index in [-0.39, 0.29) is 0 Å². The molecule has 2 rings (SSSR count). The molecule has 1 saturated carbocycles. The third-order valence-electron chi connectivity index (χ3n) is 5.88. The number of hydrogen-bond donors (Lipinski definition) is 1. The Kier molecular flexibility index (Phi) is 7.53. The minimum Gasteiger partial charge on any atom is -0.312 e. The van der Waals surface area contributed by atoms with Gasteiger partial charge in [0.15, 0.2) is 0 Å². The molecule has 1 aliphatic carbocycles. The van der Waals surface area contributed by atoms with Gasteiger partial charge in [0.25, 0.3) is 0 Å². The van der Waals surface area contributed by atoms with Crippen molar-refractivity contribution in [3.05, 3.63) is 0 Å². The van der Waals surface area contributed by atoms with E-state index in [0.717, 1.165) is 23.9 Å². The van der Waals surface area contributed by atoms with Crippen LogP contribution in [0.5, 0.6) is 0 Å². The Bertz CT molecular complexity index is 279. The molecule has 2 nitrogen and oxygen atoms in total. The molecule has 0 amide bonds. The van der Waals surface area contributed by atoms with Gasteiger partial charge in [-0.25, -0.2) is 0 Å². The van der Waals surface area contributed by atoms with Gasteiger partial charge in [0.2, 0.25) is 0 Å². The molecule has 4 unspecified atom stereocenters. The molecule has 1 saturated heterocycles. The number of nitrogens with one attached hydrogen (secondary N) is 1. The van der Waals surface area contributed by atoms with Crippen LogP contribution >= 0.6 is 0 Å². The fourth-order valence-electron chi connectivity index (χ4n) is 4.60. The molecule has 2 heteroatoms. The molecule has 1 N–H and O–H groups in total. The van der Waals surface area contributed by atoms with E-state index < -0.39 is 0 Å². The van der Waals surface area contributed by atoms with Crippen molar-refractivity contribution < 1.29 is 0 Å². The summed E-state index contributed by atoms with van der Waals surface area (Å²) in [4.78, 5) is 2.87. The van der Waals surface area contributed by atoms with Crippen LogP contribution in [0.3, 0.4) is 0 Å². The van der Waals surface area contributed by atoms with Crippen molar-refractivity contribution in [1.82, 2.24) is 10.2 Å². The van der Waals surface area contributed by atoms with Crippen LogP contribution in [0.2, 0.25) is 0 Å². The lowest BCUT2D eigenvalue weighted by atomic mass is 9.78. The van der Waals surface area contributed by atoms with E-state index in [0.29, 0.717) is 0 Å². The van der Waals surface area contributed by atoms with Crippen LogP contribution in [-0.2, 0) is 0 Å². The maximum absolute atomic E-state index is 3.87. The number of hydrogen-bond acceptors (Lipinski definition) is 2. The molecular formula is C19H38N2. The molecule has 0 radical (unpaired) electrons. The third kappa shape index (κ3) is 4.96. The SMILES string of the molecule is CCCNC1CCC(CCC)CC1N1CCCC(CC)C1. The lowest BCUT2D eigenvalue weighted by Crippen LogP contribution is -2.55. The number of rotatable bonds is 7. The second-order valence-electron chi connectivity index (χ2n) is 7.51. The van der Waals surface area contributed by atoms with Crippen molar-refractivity contribution in [3.63, 3.8) is 0 Å². The fourth-order valence-corrected chi connectivity index (χ4v) is 4.60. The first-order chi connectivity index (χ1) is 10.3.